The van der Waals surface area contributed by atoms with Crippen LogP contribution in [0.3, 0.4) is 0 Å². The molecule has 0 saturated carbocycles. The Bertz CT molecular complexity index is 535. The van der Waals surface area contributed by atoms with Crippen molar-refractivity contribution in [3.63, 3.8) is 0 Å². The first-order chi connectivity index (χ1) is 9.69. The van der Waals surface area contributed by atoms with Crippen molar-refractivity contribution in [3.05, 3.63) is 59.7 Å². The molecule has 0 atom stereocenters. The molecule has 0 aromatic heterocycles. The lowest BCUT2D eigenvalue weighted by atomic mass is 10.1. The summed E-state index contributed by atoms with van der Waals surface area (Å²) in [5.74, 6) is 0. The molecule has 0 unspecified atom stereocenters. The summed E-state index contributed by atoms with van der Waals surface area (Å²) in [6.07, 6.45) is 0. The van der Waals surface area contributed by atoms with E-state index in [9.17, 15) is 0 Å². The van der Waals surface area contributed by atoms with Gasteiger partial charge in [-0.2, -0.15) is 0 Å². The number of methoxy groups -OCH3 is 1. The monoisotopic (exact) mass is 270 g/mol. The number of anilines is 2. The SMILES string of the molecule is COCc1cccc(CNc2ccc(N(C)C)cc2)c1. The zero-order valence-electron chi connectivity index (χ0n) is 12.4. The Hall–Kier alpha value is -2.00. The standard InChI is InChI=1S/C17H22N2O/c1-19(2)17-9-7-16(8-10-17)18-12-14-5-4-6-15(11-14)13-20-3/h4-11,18H,12-13H2,1-3H3. The van der Waals surface area contributed by atoms with Crippen LogP contribution >= 0.6 is 0 Å². The number of rotatable bonds is 6. The Labute approximate surface area is 121 Å². The van der Waals surface area contributed by atoms with E-state index >= 15 is 0 Å². The normalized spacial score (nSPS) is 10.3. The third-order valence-electron chi connectivity index (χ3n) is 3.18. The third kappa shape index (κ3) is 4.00. The average molecular weight is 270 g/mol. The summed E-state index contributed by atoms with van der Waals surface area (Å²) in [6, 6.07) is 16.9. The molecule has 1 N–H and O–H groups in total. The molecular formula is C17H22N2O. The molecule has 3 nitrogen and oxygen atoms in total. The first-order valence-electron chi connectivity index (χ1n) is 6.77. The molecule has 2 aromatic carbocycles. The smallest absolute Gasteiger partial charge is 0.0713 e. The Morgan fingerprint density at radius 2 is 1.70 bits per heavy atom. The second kappa shape index (κ2) is 6.96. The third-order valence-corrected chi connectivity index (χ3v) is 3.18. The van der Waals surface area contributed by atoms with Crippen molar-refractivity contribution in [1.29, 1.82) is 0 Å². The van der Waals surface area contributed by atoms with Crippen molar-refractivity contribution in [2.24, 2.45) is 0 Å². The van der Waals surface area contributed by atoms with Crippen LogP contribution in [0.25, 0.3) is 0 Å². The summed E-state index contributed by atoms with van der Waals surface area (Å²) in [5, 5.41) is 3.44. The fraction of sp³-hybridized carbons (Fsp3) is 0.294. The van der Waals surface area contributed by atoms with Gasteiger partial charge in [0.2, 0.25) is 0 Å². The molecule has 0 bridgehead atoms. The summed E-state index contributed by atoms with van der Waals surface area (Å²) >= 11 is 0. The fourth-order valence-corrected chi connectivity index (χ4v) is 2.08. The Balaban J connectivity index is 1.96. The van der Waals surface area contributed by atoms with E-state index in [1.165, 1.54) is 16.8 Å². The summed E-state index contributed by atoms with van der Waals surface area (Å²) in [4.78, 5) is 2.10. The summed E-state index contributed by atoms with van der Waals surface area (Å²) in [7, 11) is 5.81. The Morgan fingerprint density at radius 1 is 1.00 bits per heavy atom. The van der Waals surface area contributed by atoms with Gasteiger partial charge >= 0.3 is 0 Å². The maximum atomic E-state index is 5.16. The highest BCUT2D eigenvalue weighted by Crippen LogP contribution is 2.16. The minimum Gasteiger partial charge on any atom is -0.381 e. The topological polar surface area (TPSA) is 24.5 Å². The first kappa shape index (κ1) is 14.4. The van der Waals surface area contributed by atoms with Crippen molar-refractivity contribution in [2.45, 2.75) is 13.2 Å². The molecule has 0 saturated heterocycles. The molecule has 0 heterocycles. The lowest BCUT2D eigenvalue weighted by Gasteiger charge is -2.13. The van der Waals surface area contributed by atoms with Gasteiger partial charge in [0, 0.05) is 39.1 Å². The Kier molecular flexibility index (Phi) is 5.02. The van der Waals surface area contributed by atoms with Crippen molar-refractivity contribution < 1.29 is 4.74 Å². The molecule has 0 aliphatic carbocycles. The predicted octanol–water partition coefficient (Wildman–Crippen LogP) is 3.51. The lowest BCUT2D eigenvalue weighted by molar-refractivity contribution is 0.185. The molecule has 2 rings (SSSR count). The second-order valence-electron chi connectivity index (χ2n) is 5.05. The molecule has 0 spiro atoms. The van der Waals surface area contributed by atoms with Crippen LogP contribution < -0.4 is 10.2 Å². The van der Waals surface area contributed by atoms with Gasteiger partial charge in [0.15, 0.2) is 0 Å². The number of hydrogen-bond acceptors (Lipinski definition) is 3. The van der Waals surface area contributed by atoms with Gasteiger partial charge in [-0.05, 0) is 35.4 Å². The molecule has 0 amide bonds. The highest BCUT2D eigenvalue weighted by atomic mass is 16.5. The van der Waals surface area contributed by atoms with Gasteiger partial charge in [-0.3, -0.25) is 0 Å². The van der Waals surface area contributed by atoms with Crippen LogP contribution in [0.4, 0.5) is 11.4 Å². The van der Waals surface area contributed by atoms with E-state index in [0.717, 1.165) is 12.2 Å². The minimum absolute atomic E-state index is 0.658. The van der Waals surface area contributed by atoms with E-state index in [1.807, 2.05) is 14.1 Å². The molecule has 20 heavy (non-hydrogen) atoms. The molecule has 3 heteroatoms. The number of nitrogens with zero attached hydrogens (tertiary/aromatic N) is 1. The van der Waals surface area contributed by atoms with Crippen LogP contribution in [0.2, 0.25) is 0 Å². The van der Waals surface area contributed by atoms with Crippen molar-refractivity contribution in [1.82, 2.24) is 0 Å². The molecule has 106 valence electrons. The summed E-state index contributed by atoms with van der Waals surface area (Å²) in [5.41, 5.74) is 4.80. The number of benzene rings is 2. The quantitative estimate of drug-likeness (QED) is 0.869. The molecule has 0 aliphatic rings. The number of nitrogens with one attached hydrogen (secondary N) is 1. The Morgan fingerprint density at radius 3 is 2.35 bits per heavy atom. The van der Waals surface area contributed by atoms with Gasteiger partial charge in [0.25, 0.3) is 0 Å². The molecule has 0 aliphatic heterocycles. The molecule has 0 fully saturated rings. The first-order valence-corrected chi connectivity index (χ1v) is 6.77. The van der Waals surface area contributed by atoms with Crippen molar-refractivity contribution in [2.75, 3.05) is 31.4 Å². The van der Waals surface area contributed by atoms with E-state index in [0.29, 0.717) is 6.61 Å². The van der Waals surface area contributed by atoms with E-state index in [1.54, 1.807) is 7.11 Å². The largest absolute Gasteiger partial charge is 0.381 e. The average Bonchev–Trinajstić information content (AvgIpc) is 2.46. The molecular weight excluding hydrogens is 248 g/mol. The molecule has 2 aromatic rings. The van der Waals surface area contributed by atoms with Crippen molar-refractivity contribution in [3.8, 4) is 0 Å². The number of ether oxygens (including phenoxy) is 1. The second-order valence-corrected chi connectivity index (χ2v) is 5.05. The van der Waals surface area contributed by atoms with Gasteiger partial charge in [-0.15, -0.1) is 0 Å². The maximum absolute atomic E-state index is 5.16. The van der Waals surface area contributed by atoms with Crippen LogP contribution in [0.15, 0.2) is 48.5 Å². The van der Waals surface area contributed by atoms with Gasteiger partial charge in [0.05, 0.1) is 6.61 Å². The lowest BCUT2D eigenvalue weighted by Crippen LogP contribution is -2.08. The zero-order chi connectivity index (χ0) is 14.4. The number of hydrogen-bond donors (Lipinski definition) is 1. The summed E-state index contributed by atoms with van der Waals surface area (Å²) in [6.45, 7) is 1.48. The highest BCUT2D eigenvalue weighted by molar-refractivity contribution is 5.54. The highest BCUT2D eigenvalue weighted by Gasteiger charge is 1.98. The van der Waals surface area contributed by atoms with Gasteiger partial charge in [0.1, 0.15) is 0 Å². The van der Waals surface area contributed by atoms with Gasteiger partial charge in [-0.1, -0.05) is 24.3 Å². The van der Waals surface area contributed by atoms with Crippen LogP contribution in [-0.4, -0.2) is 21.2 Å². The minimum atomic E-state index is 0.658. The molecule has 0 radical (unpaired) electrons. The van der Waals surface area contributed by atoms with E-state index in [-0.39, 0.29) is 0 Å². The van der Waals surface area contributed by atoms with Crippen LogP contribution in [-0.2, 0) is 17.9 Å². The van der Waals surface area contributed by atoms with E-state index < -0.39 is 0 Å². The van der Waals surface area contributed by atoms with Crippen molar-refractivity contribution >= 4 is 11.4 Å². The van der Waals surface area contributed by atoms with E-state index in [2.05, 4.69) is 58.7 Å². The summed E-state index contributed by atoms with van der Waals surface area (Å²) < 4.78 is 5.16. The fourth-order valence-electron chi connectivity index (χ4n) is 2.08. The van der Waals surface area contributed by atoms with Gasteiger partial charge in [-0.25, -0.2) is 0 Å². The van der Waals surface area contributed by atoms with Gasteiger partial charge < -0.3 is 15.0 Å². The van der Waals surface area contributed by atoms with Crippen LogP contribution in [0, 0.1) is 0 Å². The zero-order valence-corrected chi connectivity index (χ0v) is 12.4. The maximum Gasteiger partial charge on any atom is 0.0713 e. The van der Waals surface area contributed by atoms with E-state index in [4.69, 9.17) is 4.74 Å². The predicted molar refractivity (Wildman–Crippen MR) is 85.3 cm³/mol. The van der Waals surface area contributed by atoms with Crippen LogP contribution in [0.1, 0.15) is 11.1 Å². The van der Waals surface area contributed by atoms with Crippen LogP contribution in [0.5, 0.6) is 0 Å².